The predicted molar refractivity (Wildman–Crippen MR) is 67.1 cm³/mol. The van der Waals surface area contributed by atoms with Crippen LogP contribution in [0.3, 0.4) is 0 Å². The molecule has 2 rings (SSSR count). The maximum atomic E-state index is 10.9. The monoisotopic (exact) mass is 252 g/mol. The van der Waals surface area contributed by atoms with Crippen molar-refractivity contribution in [3.05, 3.63) is 28.3 Å². The normalized spacial score (nSPS) is 15.7. The number of β-amino-alcohol motifs (C(OH)–C–C–N with tert-alkyl or cyclic N) is 1. The van der Waals surface area contributed by atoms with Crippen molar-refractivity contribution in [2.24, 2.45) is 0 Å². The highest BCUT2D eigenvalue weighted by atomic mass is 16.6. The van der Waals surface area contributed by atoms with Gasteiger partial charge in [0.25, 0.3) is 0 Å². The van der Waals surface area contributed by atoms with Crippen LogP contribution in [-0.4, -0.2) is 35.3 Å². The Morgan fingerprint density at radius 2 is 2.17 bits per heavy atom. The maximum Gasteiger partial charge on any atom is 0.311 e. The summed E-state index contributed by atoms with van der Waals surface area (Å²) in [5, 5.41) is 20.1. The standard InChI is InChI=1S/C12H16N2O4/c1-8(2)18-12-5-9(13-6-10(15)7-13)3-4-11(12)14(16)17/h3-5,8,10,15H,6-7H2,1-2H3. The van der Waals surface area contributed by atoms with E-state index < -0.39 is 4.92 Å². The van der Waals surface area contributed by atoms with Gasteiger partial charge in [-0.1, -0.05) is 0 Å². The fourth-order valence-corrected chi connectivity index (χ4v) is 1.86. The molecule has 1 aliphatic heterocycles. The molecular formula is C12H16N2O4. The van der Waals surface area contributed by atoms with E-state index in [4.69, 9.17) is 4.74 Å². The first-order valence-electron chi connectivity index (χ1n) is 5.85. The number of nitro benzene ring substituents is 1. The average Bonchev–Trinajstić information content (AvgIpc) is 2.23. The molecule has 1 saturated heterocycles. The Morgan fingerprint density at radius 3 is 2.67 bits per heavy atom. The van der Waals surface area contributed by atoms with Gasteiger partial charge in [-0.2, -0.15) is 0 Å². The number of hydrogen-bond donors (Lipinski definition) is 1. The van der Waals surface area contributed by atoms with Gasteiger partial charge < -0.3 is 14.7 Å². The van der Waals surface area contributed by atoms with Crippen LogP contribution in [0.5, 0.6) is 5.75 Å². The Bertz CT molecular complexity index is 455. The zero-order valence-electron chi connectivity index (χ0n) is 10.4. The Hall–Kier alpha value is -1.82. The van der Waals surface area contributed by atoms with E-state index in [2.05, 4.69) is 0 Å². The second kappa shape index (κ2) is 4.81. The summed E-state index contributed by atoms with van der Waals surface area (Å²) in [6.07, 6.45) is -0.435. The zero-order chi connectivity index (χ0) is 13.3. The summed E-state index contributed by atoms with van der Waals surface area (Å²) in [4.78, 5) is 12.4. The molecule has 1 N–H and O–H groups in total. The highest BCUT2D eigenvalue weighted by molar-refractivity contribution is 5.60. The molecule has 0 bridgehead atoms. The molecule has 1 fully saturated rings. The number of nitrogens with zero attached hydrogens (tertiary/aromatic N) is 2. The second-order valence-electron chi connectivity index (χ2n) is 4.63. The average molecular weight is 252 g/mol. The van der Waals surface area contributed by atoms with Crippen molar-refractivity contribution in [2.45, 2.75) is 26.1 Å². The van der Waals surface area contributed by atoms with Crippen molar-refractivity contribution in [1.29, 1.82) is 0 Å². The van der Waals surface area contributed by atoms with E-state index >= 15 is 0 Å². The summed E-state index contributed by atoms with van der Waals surface area (Å²) in [6, 6.07) is 4.78. The minimum absolute atomic E-state index is 0.0338. The van der Waals surface area contributed by atoms with Crippen LogP contribution >= 0.6 is 0 Å². The van der Waals surface area contributed by atoms with Crippen molar-refractivity contribution in [1.82, 2.24) is 0 Å². The number of benzene rings is 1. The predicted octanol–water partition coefficient (Wildman–Crippen LogP) is 1.56. The van der Waals surface area contributed by atoms with Gasteiger partial charge in [0.15, 0.2) is 5.75 Å². The lowest BCUT2D eigenvalue weighted by Crippen LogP contribution is -2.50. The van der Waals surface area contributed by atoms with Crippen molar-refractivity contribution in [3.63, 3.8) is 0 Å². The number of rotatable bonds is 4. The van der Waals surface area contributed by atoms with Crippen LogP contribution in [-0.2, 0) is 0 Å². The summed E-state index contributed by atoms with van der Waals surface area (Å²) in [5.74, 6) is 0.272. The van der Waals surface area contributed by atoms with Gasteiger partial charge in [0.05, 0.1) is 17.1 Å². The molecule has 1 heterocycles. The third-order valence-corrected chi connectivity index (χ3v) is 2.73. The van der Waals surface area contributed by atoms with Crippen LogP contribution < -0.4 is 9.64 Å². The number of aliphatic hydroxyl groups is 1. The molecule has 0 amide bonds. The van der Waals surface area contributed by atoms with Crippen molar-refractivity contribution in [3.8, 4) is 5.75 Å². The minimum atomic E-state index is -0.452. The SMILES string of the molecule is CC(C)Oc1cc(N2CC(O)C2)ccc1[N+](=O)[O-]. The first-order chi connectivity index (χ1) is 8.47. The van der Waals surface area contributed by atoms with Gasteiger partial charge in [0.2, 0.25) is 0 Å². The van der Waals surface area contributed by atoms with Gasteiger partial charge in [-0.3, -0.25) is 10.1 Å². The fraction of sp³-hybridized carbons (Fsp3) is 0.500. The van der Waals surface area contributed by atoms with Gasteiger partial charge in [0.1, 0.15) is 0 Å². The van der Waals surface area contributed by atoms with Crippen molar-refractivity contribution in [2.75, 3.05) is 18.0 Å². The minimum Gasteiger partial charge on any atom is -0.484 e. The van der Waals surface area contributed by atoms with E-state index in [-0.39, 0.29) is 23.6 Å². The van der Waals surface area contributed by atoms with Crippen LogP contribution in [0.4, 0.5) is 11.4 Å². The van der Waals surface area contributed by atoms with Crippen LogP contribution in [0.25, 0.3) is 0 Å². The quantitative estimate of drug-likeness (QED) is 0.650. The van der Waals surface area contributed by atoms with Crippen LogP contribution in [0.15, 0.2) is 18.2 Å². The number of anilines is 1. The Balaban J connectivity index is 2.27. The summed E-state index contributed by atoms with van der Waals surface area (Å²) in [6.45, 7) is 4.76. The Kier molecular flexibility index (Phi) is 3.38. The first-order valence-corrected chi connectivity index (χ1v) is 5.85. The lowest BCUT2D eigenvalue weighted by molar-refractivity contribution is -0.386. The Labute approximate surface area is 105 Å². The van der Waals surface area contributed by atoms with Crippen molar-refractivity contribution < 1.29 is 14.8 Å². The highest BCUT2D eigenvalue weighted by Gasteiger charge is 2.26. The van der Waals surface area contributed by atoms with Gasteiger partial charge >= 0.3 is 5.69 Å². The number of ether oxygens (including phenoxy) is 1. The largest absolute Gasteiger partial charge is 0.484 e. The van der Waals surface area contributed by atoms with Crippen molar-refractivity contribution >= 4 is 11.4 Å². The first kappa shape index (κ1) is 12.6. The molecule has 0 unspecified atom stereocenters. The van der Waals surface area contributed by atoms with Crippen LogP contribution in [0.1, 0.15) is 13.8 Å². The molecule has 0 radical (unpaired) electrons. The van der Waals surface area contributed by atoms with Crippen LogP contribution in [0, 0.1) is 10.1 Å². The number of aliphatic hydroxyl groups excluding tert-OH is 1. The molecule has 6 heteroatoms. The molecule has 18 heavy (non-hydrogen) atoms. The maximum absolute atomic E-state index is 10.9. The molecule has 98 valence electrons. The molecule has 0 saturated carbocycles. The zero-order valence-corrected chi connectivity index (χ0v) is 10.4. The van der Waals surface area contributed by atoms with Gasteiger partial charge in [-0.25, -0.2) is 0 Å². The molecule has 1 aliphatic rings. The third-order valence-electron chi connectivity index (χ3n) is 2.73. The van der Waals surface area contributed by atoms with Gasteiger partial charge in [-0.05, 0) is 19.9 Å². The Morgan fingerprint density at radius 1 is 1.50 bits per heavy atom. The molecular weight excluding hydrogens is 236 g/mol. The topological polar surface area (TPSA) is 75.8 Å². The number of nitro groups is 1. The highest BCUT2D eigenvalue weighted by Crippen LogP contribution is 2.33. The van der Waals surface area contributed by atoms with E-state index in [0.29, 0.717) is 13.1 Å². The summed E-state index contributed by atoms with van der Waals surface area (Å²) in [5.41, 5.74) is 0.801. The fourth-order valence-electron chi connectivity index (χ4n) is 1.86. The molecule has 0 spiro atoms. The molecule has 1 aromatic carbocycles. The van der Waals surface area contributed by atoms with Gasteiger partial charge in [-0.15, -0.1) is 0 Å². The van der Waals surface area contributed by atoms with E-state index in [1.54, 1.807) is 12.1 Å². The van der Waals surface area contributed by atoms with E-state index in [9.17, 15) is 15.2 Å². The molecule has 0 aliphatic carbocycles. The molecule has 0 aromatic heterocycles. The summed E-state index contributed by atoms with van der Waals surface area (Å²) >= 11 is 0. The second-order valence-corrected chi connectivity index (χ2v) is 4.63. The smallest absolute Gasteiger partial charge is 0.311 e. The summed E-state index contributed by atoms with van der Waals surface area (Å²) < 4.78 is 5.46. The lowest BCUT2D eigenvalue weighted by atomic mass is 10.1. The molecule has 0 atom stereocenters. The third kappa shape index (κ3) is 2.53. The van der Waals surface area contributed by atoms with E-state index in [1.807, 2.05) is 18.7 Å². The molecule has 6 nitrogen and oxygen atoms in total. The van der Waals surface area contributed by atoms with E-state index in [0.717, 1.165) is 5.69 Å². The van der Waals surface area contributed by atoms with E-state index in [1.165, 1.54) is 6.07 Å². The lowest BCUT2D eigenvalue weighted by Gasteiger charge is -2.37. The summed E-state index contributed by atoms with van der Waals surface area (Å²) in [7, 11) is 0. The van der Waals surface area contributed by atoms with Gasteiger partial charge in [0, 0.05) is 30.9 Å². The number of hydrogen-bond acceptors (Lipinski definition) is 5. The van der Waals surface area contributed by atoms with Crippen LogP contribution in [0.2, 0.25) is 0 Å². The molecule has 1 aromatic rings.